The molecule has 2 aromatic heterocycles. The van der Waals surface area contributed by atoms with Crippen LogP contribution in [0, 0.1) is 13.8 Å². The topological polar surface area (TPSA) is 53.9 Å². The Bertz CT molecular complexity index is 521. The molecule has 0 aromatic carbocycles. The fourth-order valence-electron chi connectivity index (χ4n) is 2.50. The molecule has 0 aliphatic carbocycles. The molecule has 0 amide bonds. The van der Waals surface area contributed by atoms with Gasteiger partial charge in [-0.25, -0.2) is 0 Å². The van der Waals surface area contributed by atoms with Gasteiger partial charge in [0.1, 0.15) is 11.5 Å². The highest BCUT2D eigenvalue weighted by atomic mass is 16.3. The molecule has 0 bridgehead atoms. The molecule has 4 heteroatoms. The SMILES string of the molecule is Cc1ccc(-c2c(C3CCCN3)n[nH]c2C)o1. The Balaban J connectivity index is 2.05. The van der Waals surface area contributed by atoms with Crippen molar-refractivity contribution in [1.29, 1.82) is 0 Å². The number of aromatic amines is 1. The minimum absolute atomic E-state index is 0.361. The molecule has 90 valence electrons. The summed E-state index contributed by atoms with van der Waals surface area (Å²) in [5.74, 6) is 1.85. The second-order valence-corrected chi connectivity index (χ2v) is 4.67. The van der Waals surface area contributed by atoms with Crippen molar-refractivity contribution in [3.63, 3.8) is 0 Å². The molecular formula is C13H17N3O. The molecule has 1 aliphatic rings. The molecular weight excluding hydrogens is 214 g/mol. The third-order valence-electron chi connectivity index (χ3n) is 3.35. The van der Waals surface area contributed by atoms with Crippen molar-refractivity contribution in [3.05, 3.63) is 29.3 Å². The Hall–Kier alpha value is -1.55. The van der Waals surface area contributed by atoms with Crippen LogP contribution in [0.25, 0.3) is 11.3 Å². The maximum Gasteiger partial charge on any atom is 0.138 e. The van der Waals surface area contributed by atoms with Gasteiger partial charge < -0.3 is 9.73 Å². The second-order valence-electron chi connectivity index (χ2n) is 4.67. The van der Waals surface area contributed by atoms with Gasteiger partial charge in [0, 0.05) is 5.69 Å². The van der Waals surface area contributed by atoms with Crippen molar-refractivity contribution < 1.29 is 4.42 Å². The number of furan rings is 1. The van der Waals surface area contributed by atoms with Crippen LogP contribution in [0.15, 0.2) is 16.5 Å². The number of aromatic nitrogens is 2. The maximum atomic E-state index is 5.72. The number of nitrogens with zero attached hydrogens (tertiary/aromatic N) is 1. The highest BCUT2D eigenvalue weighted by Crippen LogP contribution is 2.33. The fourth-order valence-corrected chi connectivity index (χ4v) is 2.50. The minimum Gasteiger partial charge on any atom is -0.461 e. The van der Waals surface area contributed by atoms with E-state index in [-0.39, 0.29) is 0 Å². The van der Waals surface area contributed by atoms with E-state index in [0.29, 0.717) is 6.04 Å². The van der Waals surface area contributed by atoms with Crippen molar-refractivity contribution >= 4 is 0 Å². The molecule has 3 rings (SSSR count). The summed E-state index contributed by atoms with van der Waals surface area (Å²) in [5.41, 5.74) is 3.29. The van der Waals surface area contributed by atoms with Gasteiger partial charge in [0.05, 0.1) is 17.3 Å². The number of hydrogen-bond donors (Lipinski definition) is 2. The zero-order valence-electron chi connectivity index (χ0n) is 10.2. The normalized spacial score (nSPS) is 20.0. The first-order chi connectivity index (χ1) is 8.25. The van der Waals surface area contributed by atoms with E-state index in [2.05, 4.69) is 15.5 Å². The Morgan fingerprint density at radius 2 is 2.24 bits per heavy atom. The van der Waals surface area contributed by atoms with E-state index in [4.69, 9.17) is 4.42 Å². The lowest BCUT2D eigenvalue weighted by molar-refractivity contribution is 0.545. The summed E-state index contributed by atoms with van der Waals surface area (Å²) < 4.78 is 5.72. The highest BCUT2D eigenvalue weighted by molar-refractivity contribution is 5.64. The number of H-pyrrole nitrogens is 1. The van der Waals surface area contributed by atoms with E-state index in [0.717, 1.165) is 41.4 Å². The summed E-state index contributed by atoms with van der Waals surface area (Å²) >= 11 is 0. The van der Waals surface area contributed by atoms with Crippen LogP contribution in [0.3, 0.4) is 0 Å². The molecule has 0 spiro atoms. The van der Waals surface area contributed by atoms with Crippen LogP contribution in [0.1, 0.15) is 36.0 Å². The number of hydrogen-bond acceptors (Lipinski definition) is 3. The van der Waals surface area contributed by atoms with E-state index >= 15 is 0 Å². The molecule has 1 atom stereocenters. The molecule has 2 N–H and O–H groups in total. The lowest BCUT2D eigenvalue weighted by Gasteiger charge is -2.08. The minimum atomic E-state index is 0.361. The molecule has 1 fully saturated rings. The summed E-state index contributed by atoms with van der Waals surface area (Å²) in [6.07, 6.45) is 2.37. The Labute approximate surface area is 100 Å². The van der Waals surface area contributed by atoms with Gasteiger partial charge in [0.25, 0.3) is 0 Å². The third-order valence-corrected chi connectivity index (χ3v) is 3.35. The number of aryl methyl sites for hydroxylation is 2. The predicted molar refractivity (Wildman–Crippen MR) is 65.7 cm³/mol. The van der Waals surface area contributed by atoms with E-state index in [1.54, 1.807) is 0 Å². The van der Waals surface area contributed by atoms with Crippen LogP contribution in [-0.4, -0.2) is 16.7 Å². The van der Waals surface area contributed by atoms with Crippen molar-refractivity contribution in [1.82, 2.24) is 15.5 Å². The van der Waals surface area contributed by atoms with Crippen LogP contribution >= 0.6 is 0 Å². The Morgan fingerprint density at radius 3 is 2.88 bits per heavy atom. The van der Waals surface area contributed by atoms with Gasteiger partial charge >= 0.3 is 0 Å². The number of nitrogens with one attached hydrogen (secondary N) is 2. The molecule has 4 nitrogen and oxygen atoms in total. The summed E-state index contributed by atoms with van der Waals surface area (Å²) in [6, 6.07) is 4.37. The van der Waals surface area contributed by atoms with Gasteiger partial charge in [0.2, 0.25) is 0 Å². The third kappa shape index (κ3) is 1.78. The first-order valence-electron chi connectivity index (χ1n) is 6.11. The molecule has 1 saturated heterocycles. The maximum absolute atomic E-state index is 5.72. The van der Waals surface area contributed by atoms with Crippen molar-refractivity contribution in [2.75, 3.05) is 6.54 Å². The zero-order chi connectivity index (χ0) is 11.8. The molecule has 1 aliphatic heterocycles. The summed E-state index contributed by atoms with van der Waals surface area (Å²) in [6.45, 7) is 5.08. The largest absolute Gasteiger partial charge is 0.461 e. The highest BCUT2D eigenvalue weighted by Gasteiger charge is 2.25. The Kier molecular flexibility index (Phi) is 2.52. The van der Waals surface area contributed by atoms with Gasteiger partial charge in [-0.1, -0.05) is 0 Å². The summed E-state index contributed by atoms with van der Waals surface area (Å²) in [4.78, 5) is 0. The number of rotatable bonds is 2. The van der Waals surface area contributed by atoms with E-state index < -0.39 is 0 Å². The first kappa shape index (κ1) is 10.6. The summed E-state index contributed by atoms with van der Waals surface area (Å²) in [5, 5.41) is 11.0. The first-order valence-corrected chi connectivity index (χ1v) is 6.11. The molecule has 0 radical (unpaired) electrons. The molecule has 2 aromatic rings. The van der Waals surface area contributed by atoms with Crippen LogP contribution < -0.4 is 5.32 Å². The fraction of sp³-hybridized carbons (Fsp3) is 0.462. The second kappa shape index (κ2) is 4.04. The van der Waals surface area contributed by atoms with Gasteiger partial charge in [-0.15, -0.1) is 0 Å². The average Bonchev–Trinajstić information content (AvgIpc) is 2.97. The van der Waals surface area contributed by atoms with E-state index in [1.807, 2.05) is 26.0 Å². The molecule has 1 unspecified atom stereocenters. The van der Waals surface area contributed by atoms with Crippen LogP contribution in [0.4, 0.5) is 0 Å². The van der Waals surface area contributed by atoms with Crippen molar-refractivity contribution in [2.45, 2.75) is 32.7 Å². The lowest BCUT2D eigenvalue weighted by atomic mass is 10.0. The van der Waals surface area contributed by atoms with Gasteiger partial charge in [-0.05, 0) is 45.4 Å². The standard InChI is InChI=1S/C13H17N3O/c1-8-5-6-11(17-8)12-9(2)15-16-13(12)10-4-3-7-14-10/h5-6,10,14H,3-4,7H2,1-2H3,(H,15,16). The summed E-state index contributed by atoms with van der Waals surface area (Å²) in [7, 11) is 0. The van der Waals surface area contributed by atoms with E-state index in [9.17, 15) is 0 Å². The molecule has 17 heavy (non-hydrogen) atoms. The smallest absolute Gasteiger partial charge is 0.138 e. The quantitative estimate of drug-likeness (QED) is 0.835. The van der Waals surface area contributed by atoms with Crippen LogP contribution in [0.5, 0.6) is 0 Å². The molecule has 0 saturated carbocycles. The lowest BCUT2D eigenvalue weighted by Crippen LogP contribution is -2.14. The van der Waals surface area contributed by atoms with Crippen molar-refractivity contribution in [2.24, 2.45) is 0 Å². The Morgan fingerprint density at radius 1 is 1.35 bits per heavy atom. The van der Waals surface area contributed by atoms with Crippen molar-refractivity contribution in [3.8, 4) is 11.3 Å². The van der Waals surface area contributed by atoms with Crippen LogP contribution in [0.2, 0.25) is 0 Å². The zero-order valence-corrected chi connectivity index (χ0v) is 10.2. The van der Waals surface area contributed by atoms with E-state index in [1.165, 1.54) is 6.42 Å². The predicted octanol–water partition coefficient (Wildman–Crippen LogP) is 2.71. The van der Waals surface area contributed by atoms with Gasteiger partial charge in [-0.2, -0.15) is 5.10 Å². The van der Waals surface area contributed by atoms with Gasteiger partial charge in [-0.3, -0.25) is 5.10 Å². The monoisotopic (exact) mass is 231 g/mol. The van der Waals surface area contributed by atoms with Gasteiger partial charge in [0.15, 0.2) is 0 Å². The average molecular weight is 231 g/mol. The molecule has 3 heterocycles. The van der Waals surface area contributed by atoms with Crippen LogP contribution in [-0.2, 0) is 0 Å².